The van der Waals surface area contributed by atoms with E-state index in [1.165, 1.54) is 44.2 Å². The van der Waals surface area contributed by atoms with Crippen LogP contribution in [0.1, 0.15) is 26.3 Å². The molecule has 142 valence electrons. The van der Waals surface area contributed by atoms with E-state index in [0.29, 0.717) is 0 Å². The molecule has 0 spiro atoms. The van der Waals surface area contributed by atoms with Crippen LogP contribution in [0.3, 0.4) is 0 Å². The highest BCUT2D eigenvalue weighted by Gasteiger charge is 2.15. The standard InChI is InChI=1S/C28H25N/c1-28(2,3)22-16-13-20(14-17-22)21-15-18-27-25(19-21)24-11-7-8-12-26(24)29(27)23-9-5-4-6-10-23/h4-19H,1-3H3. The fourth-order valence-electron chi connectivity index (χ4n) is 4.17. The molecular weight excluding hydrogens is 350 g/mol. The van der Waals surface area contributed by atoms with Gasteiger partial charge in [-0.15, -0.1) is 0 Å². The van der Waals surface area contributed by atoms with Gasteiger partial charge in [0.05, 0.1) is 11.0 Å². The van der Waals surface area contributed by atoms with Crippen molar-refractivity contribution in [1.29, 1.82) is 0 Å². The van der Waals surface area contributed by atoms with Crippen molar-refractivity contribution in [2.24, 2.45) is 0 Å². The summed E-state index contributed by atoms with van der Waals surface area (Å²) in [4.78, 5) is 0. The number of para-hydroxylation sites is 2. The van der Waals surface area contributed by atoms with Gasteiger partial charge in [0.15, 0.2) is 0 Å². The second-order valence-corrected chi connectivity index (χ2v) is 8.75. The molecule has 0 aliphatic heterocycles. The summed E-state index contributed by atoms with van der Waals surface area (Å²) < 4.78 is 2.36. The Morgan fingerprint density at radius 2 is 1.17 bits per heavy atom. The van der Waals surface area contributed by atoms with E-state index < -0.39 is 0 Å². The van der Waals surface area contributed by atoms with Crippen LogP contribution >= 0.6 is 0 Å². The monoisotopic (exact) mass is 375 g/mol. The van der Waals surface area contributed by atoms with E-state index in [2.05, 4.69) is 122 Å². The zero-order chi connectivity index (χ0) is 20.0. The Morgan fingerprint density at radius 3 is 1.90 bits per heavy atom. The molecule has 0 N–H and O–H groups in total. The van der Waals surface area contributed by atoms with Crippen molar-refractivity contribution in [2.75, 3.05) is 0 Å². The lowest BCUT2D eigenvalue weighted by Gasteiger charge is -2.19. The van der Waals surface area contributed by atoms with E-state index in [-0.39, 0.29) is 5.41 Å². The third-order valence-corrected chi connectivity index (χ3v) is 5.77. The highest BCUT2D eigenvalue weighted by Crippen LogP contribution is 2.35. The van der Waals surface area contributed by atoms with Crippen molar-refractivity contribution >= 4 is 21.8 Å². The van der Waals surface area contributed by atoms with Gasteiger partial charge in [-0.2, -0.15) is 0 Å². The Bertz CT molecular complexity index is 1300. The van der Waals surface area contributed by atoms with Crippen LogP contribution < -0.4 is 0 Å². The van der Waals surface area contributed by atoms with Crippen molar-refractivity contribution in [3.63, 3.8) is 0 Å². The summed E-state index contributed by atoms with van der Waals surface area (Å²) in [7, 11) is 0. The Hall–Kier alpha value is -3.32. The molecule has 0 bridgehead atoms. The third kappa shape index (κ3) is 3.03. The maximum Gasteiger partial charge on any atom is 0.0541 e. The Balaban J connectivity index is 1.71. The van der Waals surface area contributed by atoms with Gasteiger partial charge in [0.2, 0.25) is 0 Å². The fraction of sp³-hybridized carbons (Fsp3) is 0.143. The van der Waals surface area contributed by atoms with E-state index in [0.717, 1.165) is 0 Å². The second-order valence-electron chi connectivity index (χ2n) is 8.75. The molecule has 1 aromatic heterocycles. The molecule has 0 atom stereocenters. The van der Waals surface area contributed by atoms with Crippen molar-refractivity contribution in [1.82, 2.24) is 4.57 Å². The van der Waals surface area contributed by atoms with Crippen LogP contribution in [0.4, 0.5) is 0 Å². The molecule has 0 aliphatic rings. The maximum absolute atomic E-state index is 2.36. The van der Waals surface area contributed by atoms with Gasteiger partial charge in [0.25, 0.3) is 0 Å². The van der Waals surface area contributed by atoms with E-state index >= 15 is 0 Å². The van der Waals surface area contributed by atoms with Gasteiger partial charge < -0.3 is 4.57 Å². The summed E-state index contributed by atoms with van der Waals surface area (Å²) in [5, 5.41) is 2.58. The highest BCUT2D eigenvalue weighted by atomic mass is 15.0. The van der Waals surface area contributed by atoms with Crippen LogP contribution in [0.5, 0.6) is 0 Å². The molecule has 0 unspecified atom stereocenters. The fourth-order valence-corrected chi connectivity index (χ4v) is 4.17. The summed E-state index contributed by atoms with van der Waals surface area (Å²) in [5.74, 6) is 0. The largest absolute Gasteiger partial charge is 0.309 e. The molecule has 1 nitrogen and oxygen atoms in total. The summed E-state index contributed by atoms with van der Waals surface area (Å²) in [5.41, 5.74) is 7.74. The van der Waals surface area contributed by atoms with Crippen molar-refractivity contribution in [3.8, 4) is 16.8 Å². The normalized spacial score (nSPS) is 12.0. The molecule has 5 rings (SSSR count). The van der Waals surface area contributed by atoms with E-state index in [1.54, 1.807) is 0 Å². The van der Waals surface area contributed by atoms with E-state index in [4.69, 9.17) is 0 Å². The zero-order valence-electron chi connectivity index (χ0n) is 17.2. The van der Waals surface area contributed by atoms with Gasteiger partial charge in [-0.3, -0.25) is 0 Å². The first kappa shape index (κ1) is 17.8. The Labute approximate surface area is 172 Å². The molecule has 1 heteroatoms. The summed E-state index contributed by atoms with van der Waals surface area (Å²) in [6.45, 7) is 6.77. The number of hydrogen-bond acceptors (Lipinski definition) is 0. The maximum atomic E-state index is 2.36. The molecule has 0 aliphatic carbocycles. The van der Waals surface area contributed by atoms with Crippen molar-refractivity contribution in [2.45, 2.75) is 26.2 Å². The molecule has 4 aromatic carbocycles. The molecular formula is C28H25N. The number of hydrogen-bond donors (Lipinski definition) is 0. The van der Waals surface area contributed by atoms with Crippen LogP contribution in [0.2, 0.25) is 0 Å². The van der Waals surface area contributed by atoms with Gasteiger partial charge in [0, 0.05) is 16.5 Å². The summed E-state index contributed by atoms with van der Waals surface area (Å²) in [6, 6.07) is 35.1. The van der Waals surface area contributed by atoms with E-state index in [1.807, 2.05) is 0 Å². The van der Waals surface area contributed by atoms with Gasteiger partial charge in [-0.05, 0) is 52.4 Å². The molecule has 29 heavy (non-hydrogen) atoms. The predicted octanol–water partition coefficient (Wildman–Crippen LogP) is 7.75. The van der Waals surface area contributed by atoms with Gasteiger partial charge in [-0.25, -0.2) is 0 Å². The summed E-state index contributed by atoms with van der Waals surface area (Å²) in [6.07, 6.45) is 0. The number of rotatable bonds is 2. The smallest absolute Gasteiger partial charge is 0.0541 e. The number of fused-ring (bicyclic) bond motifs is 3. The quantitative estimate of drug-likeness (QED) is 0.297. The molecule has 0 saturated carbocycles. The lowest BCUT2D eigenvalue weighted by atomic mass is 9.86. The van der Waals surface area contributed by atoms with Crippen LogP contribution in [-0.4, -0.2) is 4.57 Å². The van der Waals surface area contributed by atoms with Crippen LogP contribution in [0.25, 0.3) is 38.6 Å². The predicted molar refractivity (Wildman–Crippen MR) is 125 cm³/mol. The minimum atomic E-state index is 0.172. The molecule has 1 heterocycles. The molecule has 5 aromatic rings. The Morgan fingerprint density at radius 1 is 0.552 bits per heavy atom. The Kier molecular flexibility index (Phi) is 4.06. The lowest BCUT2D eigenvalue weighted by molar-refractivity contribution is 0.590. The minimum Gasteiger partial charge on any atom is -0.309 e. The van der Waals surface area contributed by atoms with Gasteiger partial charge >= 0.3 is 0 Å². The molecule has 0 fully saturated rings. The second kappa shape index (κ2) is 6.63. The lowest BCUT2D eigenvalue weighted by Crippen LogP contribution is -2.10. The van der Waals surface area contributed by atoms with Crippen LogP contribution in [0.15, 0.2) is 97.1 Å². The number of benzene rings is 4. The van der Waals surface area contributed by atoms with Crippen LogP contribution in [-0.2, 0) is 5.41 Å². The van der Waals surface area contributed by atoms with Crippen molar-refractivity contribution < 1.29 is 0 Å². The van der Waals surface area contributed by atoms with Gasteiger partial charge in [-0.1, -0.05) is 87.5 Å². The van der Waals surface area contributed by atoms with Crippen LogP contribution in [0, 0.1) is 0 Å². The first-order chi connectivity index (χ1) is 14.0. The minimum absolute atomic E-state index is 0.172. The van der Waals surface area contributed by atoms with Crippen molar-refractivity contribution in [3.05, 3.63) is 103 Å². The first-order valence-electron chi connectivity index (χ1n) is 10.2. The first-order valence-corrected chi connectivity index (χ1v) is 10.2. The zero-order valence-corrected chi connectivity index (χ0v) is 17.2. The topological polar surface area (TPSA) is 4.93 Å². The molecule has 0 saturated heterocycles. The van der Waals surface area contributed by atoms with Gasteiger partial charge in [0.1, 0.15) is 0 Å². The average Bonchev–Trinajstić information content (AvgIpc) is 3.07. The number of aromatic nitrogens is 1. The average molecular weight is 376 g/mol. The molecule has 0 radical (unpaired) electrons. The third-order valence-electron chi connectivity index (χ3n) is 5.77. The SMILES string of the molecule is CC(C)(C)c1ccc(-c2ccc3c(c2)c2ccccc2n3-c2ccccc2)cc1. The highest BCUT2D eigenvalue weighted by molar-refractivity contribution is 6.10. The summed E-state index contributed by atoms with van der Waals surface area (Å²) >= 11 is 0. The number of nitrogens with zero attached hydrogens (tertiary/aromatic N) is 1. The van der Waals surface area contributed by atoms with E-state index in [9.17, 15) is 0 Å². The molecule has 0 amide bonds.